The molecule has 0 aromatic carbocycles. The maximum absolute atomic E-state index is 11.9. The summed E-state index contributed by atoms with van der Waals surface area (Å²) in [6, 6.07) is -0.595. The van der Waals surface area contributed by atoms with E-state index in [2.05, 4.69) is 27.1 Å². The van der Waals surface area contributed by atoms with Gasteiger partial charge in [-0.25, -0.2) is 4.98 Å². The Kier molecular flexibility index (Phi) is 5.41. The maximum atomic E-state index is 11.9. The van der Waals surface area contributed by atoms with Gasteiger partial charge in [0.25, 0.3) is 5.91 Å². The van der Waals surface area contributed by atoms with Crippen LogP contribution in [0.2, 0.25) is 0 Å². The first kappa shape index (κ1) is 14.7. The average Bonchev–Trinajstić information content (AvgIpc) is 2.49. The Labute approximate surface area is 123 Å². The van der Waals surface area contributed by atoms with Crippen LogP contribution in [0.25, 0.3) is 0 Å². The zero-order valence-electron chi connectivity index (χ0n) is 11.5. The lowest BCUT2D eigenvalue weighted by atomic mass is 10.0. The summed E-state index contributed by atoms with van der Waals surface area (Å²) >= 11 is 0. The van der Waals surface area contributed by atoms with Crippen LogP contribution in [-0.4, -0.2) is 28.2 Å². The van der Waals surface area contributed by atoms with Gasteiger partial charge >= 0.3 is 0 Å². The summed E-state index contributed by atoms with van der Waals surface area (Å²) in [5.41, 5.74) is 1.18. The summed E-state index contributed by atoms with van der Waals surface area (Å²) in [6.45, 7) is 0. The predicted molar refractivity (Wildman–Crippen MR) is 78.2 cm³/mol. The summed E-state index contributed by atoms with van der Waals surface area (Å²) in [5.74, 6) is 5.59. The molecule has 1 aliphatic rings. The van der Waals surface area contributed by atoms with Crippen LogP contribution in [0.15, 0.2) is 42.4 Å². The number of aldehydes is 1. The lowest BCUT2D eigenvalue weighted by molar-refractivity contribution is -0.109. The van der Waals surface area contributed by atoms with Gasteiger partial charge in [0.2, 0.25) is 0 Å². The number of nitrogens with zero attached hydrogens (tertiary/aromatic N) is 2. The Balaban J connectivity index is 1.99. The molecule has 1 amide bonds. The monoisotopic (exact) mass is 281 g/mol. The van der Waals surface area contributed by atoms with Gasteiger partial charge in [-0.15, -0.1) is 0 Å². The van der Waals surface area contributed by atoms with Gasteiger partial charge in [0, 0.05) is 25.2 Å². The number of allylic oxidation sites excluding steroid dienone is 3. The highest BCUT2D eigenvalue weighted by atomic mass is 16.2. The molecule has 0 bridgehead atoms. The van der Waals surface area contributed by atoms with Crippen LogP contribution in [-0.2, 0) is 4.79 Å². The standard InChI is InChI=1S/C16H15N3O2/c20-12-14(10-13-6-4-2-1-3-5-7-13)19-16(21)15-11-17-8-9-18-15/h4,6-9,11-12,14H,2,5,10H2,(H,19,21)/b6-4-,13-7+. The Morgan fingerprint density at radius 3 is 3.00 bits per heavy atom. The van der Waals surface area contributed by atoms with Crippen molar-refractivity contribution in [3.63, 3.8) is 0 Å². The number of hydrogen-bond donors (Lipinski definition) is 1. The highest BCUT2D eigenvalue weighted by molar-refractivity contribution is 5.93. The molecule has 1 aliphatic carbocycles. The average molecular weight is 281 g/mol. The first-order valence-corrected chi connectivity index (χ1v) is 6.63. The summed E-state index contributed by atoms with van der Waals surface area (Å²) < 4.78 is 0. The largest absolute Gasteiger partial charge is 0.341 e. The maximum Gasteiger partial charge on any atom is 0.272 e. The highest BCUT2D eigenvalue weighted by Gasteiger charge is 2.15. The number of carbonyl (C=O) groups is 2. The van der Waals surface area contributed by atoms with Crippen LogP contribution < -0.4 is 5.32 Å². The molecule has 0 saturated carbocycles. The minimum atomic E-state index is -0.595. The normalized spacial score (nSPS) is 18.8. The van der Waals surface area contributed by atoms with Crippen molar-refractivity contribution in [3.05, 3.63) is 48.1 Å². The molecule has 2 rings (SSSR count). The number of carbonyl (C=O) groups excluding carboxylic acids is 2. The van der Waals surface area contributed by atoms with Crippen molar-refractivity contribution in [1.29, 1.82) is 0 Å². The number of aromatic nitrogens is 2. The van der Waals surface area contributed by atoms with Crippen molar-refractivity contribution < 1.29 is 9.59 Å². The SMILES string of the molecule is O=CC(CC1=C/CC#CC/C=C\1)NC(=O)c1cnccn1. The van der Waals surface area contributed by atoms with Gasteiger partial charge in [0.05, 0.1) is 12.2 Å². The van der Waals surface area contributed by atoms with E-state index >= 15 is 0 Å². The molecule has 0 radical (unpaired) electrons. The molecule has 1 unspecified atom stereocenters. The van der Waals surface area contributed by atoms with E-state index in [0.717, 1.165) is 11.9 Å². The second-order valence-electron chi connectivity index (χ2n) is 4.45. The molecule has 0 saturated heterocycles. The van der Waals surface area contributed by atoms with E-state index in [4.69, 9.17) is 0 Å². The Morgan fingerprint density at radius 1 is 1.38 bits per heavy atom. The lowest BCUT2D eigenvalue weighted by Gasteiger charge is -2.13. The molecular formula is C16H15N3O2. The fraction of sp³-hybridized carbons (Fsp3) is 0.250. The van der Waals surface area contributed by atoms with Gasteiger partial charge in [0.15, 0.2) is 0 Å². The molecule has 21 heavy (non-hydrogen) atoms. The van der Waals surface area contributed by atoms with Gasteiger partial charge in [-0.2, -0.15) is 0 Å². The quantitative estimate of drug-likeness (QED) is 0.655. The summed E-state index contributed by atoms with van der Waals surface area (Å²) in [5, 5.41) is 2.65. The van der Waals surface area contributed by atoms with Crippen molar-refractivity contribution in [1.82, 2.24) is 15.3 Å². The fourth-order valence-corrected chi connectivity index (χ4v) is 1.86. The van der Waals surface area contributed by atoms with Gasteiger partial charge in [-0.3, -0.25) is 9.78 Å². The molecule has 0 aliphatic heterocycles. The molecule has 1 heterocycles. The van der Waals surface area contributed by atoms with Crippen LogP contribution >= 0.6 is 0 Å². The first-order chi connectivity index (χ1) is 10.3. The molecule has 1 atom stereocenters. The summed E-state index contributed by atoms with van der Waals surface area (Å²) in [7, 11) is 0. The van der Waals surface area contributed by atoms with E-state index in [-0.39, 0.29) is 5.69 Å². The second kappa shape index (κ2) is 7.75. The molecule has 0 spiro atoms. The number of nitrogens with one attached hydrogen (secondary N) is 1. The highest BCUT2D eigenvalue weighted by Crippen LogP contribution is 2.10. The fourth-order valence-electron chi connectivity index (χ4n) is 1.86. The minimum absolute atomic E-state index is 0.192. The van der Waals surface area contributed by atoms with Gasteiger partial charge in [0.1, 0.15) is 12.0 Å². The van der Waals surface area contributed by atoms with E-state index in [9.17, 15) is 9.59 Å². The van der Waals surface area contributed by atoms with Crippen LogP contribution in [0.5, 0.6) is 0 Å². The number of hydrogen-bond acceptors (Lipinski definition) is 4. The summed E-state index contributed by atoms with van der Waals surface area (Å²) in [6.07, 6.45) is 12.7. The second-order valence-corrected chi connectivity index (χ2v) is 4.45. The van der Waals surface area contributed by atoms with E-state index in [1.807, 2.05) is 18.2 Å². The molecular weight excluding hydrogens is 266 g/mol. The van der Waals surface area contributed by atoms with Gasteiger partial charge in [-0.1, -0.05) is 30.1 Å². The van der Waals surface area contributed by atoms with E-state index < -0.39 is 11.9 Å². The molecule has 5 nitrogen and oxygen atoms in total. The third kappa shape index (κ3) is 4.69. The van der Waals surface area contributed by atoms with Gasteiger partial charge < -0.3 is 10.1 Å². The van der Waals surface area contributed by atoms with Crippen molar-refractivity contribution in [2.24, 2.45) is 0 Å². The van der Waals surface area contributed by atoms with Crippen molar-refractivity contribution >= 4 is 12.2 Å². The van der Waals surface area contributed by atoms with Crippen LogP contribution in [0.4, 0.5) is 0 Å². The van der Waals surface area contributed by atoms with Crippen molar-refractivity contribution in [2.45, 2.75) is 25.3 Å². The van der Waals surface area contributed by atoms with Crippen molar-refractivity contribution in [2.75, 3.05) is 0 Å². The van der Waals surface area contributed by atoms with Crippen LogP contribution in [0.3, 0.4) is 0 Å². The predicted octanol–water partition coefficient (Wildman–Crippen LogP) is 1.44. The molecule has 5 heteroatoms. The van der Waals surface area contributed by atoms with Crippen molar-refractivity contribution in [3.8, 4) is 11.8 Å². The Morgan fingerprint density at radius 2 is 2.24 bits per heavy atom. The van der Waals surface area contributed by atoms with Crippen LogP contribution in [0, 0.1) is 11.8 Å². The lowest BCUT2D eigenvalue weighted by Crippen LogP contribution is -2.36. The number of rotatable bonds is 5. The first-order valence-electron chi connectivity index (χ1n) is 6.63. The topological polar surface area (TPSA) is 72.0 Å². The molecule has 1 aromatic heterocycles. The smallest absolute Gasteiger partial charge is 0.272 e. The Bertz CT molecular complexity index is 624. The summed E-state index contributed by atoms with van der Waals surface area (Å²) in [4.78, 5) is 30.8. The third-order valence-electron chi connectivity index (χ3n) is 2.88. The zero-order chi connectivity index (χ0) is 14.9. The molecule has 106 valence electrons. The Hall–Kier alpha value is -2.74. The van der Waals surface area contributed by atoms with Crippen LogP contribution in [0.1, 0.15) is 29.8 Å². The van der Waals surface area contributed by atoms with E-state index in [1.165, 1.54) is 18.6 Å². The molecule has 1 aromatic rings. The van der Waals surface area contributed by atoms with E-state index in [1.54, 1.807) is 0 Å². The van der Waals surface area contributed by atoms with E-state index in [0.29, 0.717) is 19.3 Å². The molecule has 1 N–H and O–H groups in total. The molecule has 0 fully saturated rings. The zero-order valence-corrected chi connectivity index (χ0v) is 11.5. The minimum Gasteiger partial charge on any atom is -0.341 e. The third-order valence-corrected chi connectivity index (χ3v) is 2.88. The van der Waals surface area contributed by atoms with Gasteiger partial charge in [-0.05, 0) is 12.0 Å². The number of amides is 1.